The normalized spacial score (nSPS) is 12.2. The number of carbonyl (C=O) groups excluding carboxylic acids is 2. The average molecular weight is 411 g/mol. The van der Waals surface area contributed by atoms with Gasteiger partial charge in [-0.2, -0.15) is 0 Å². The Bertz CT molecular complexity index is 919. The van der Waals surface area contributed by atoms with Crippen LogP contribution in [0.1, 0.15) is 17.2 Å². The van der Waals surface area contributed by atoms with Crippen LogP contribution in [0.25, 0.3) is 0 Å². The maximum Gasteiger partial charge on any atom is 1.00 e. The van der Waals surface area contributed by atoms with Gasteiger partial charge in [-0.15, -0.1) is 0 Å². The fraction of sp³-hybridized carbons (Fsp3) is 0.176. The van der Waals surface area contributed by atoms with E-state index in [9.17, 15) is 40.0 Å². The van der Waals surface area contributed by atoms with E-state index in [-0.39, 0.29) is 52.9 Å². The minimum atomic E-state index is -1.85. The molecule has 1 amide bonds. The first-order chi connectivity index (χ1) is 13.2. The number of aliphatic carboxylic acids is 1. The van der Waals surface area contributed by atoms with Crippen LogP contribution in [0.4, 0.5) is 11.4 Å². The average Bonchev–Trinajstić information content (AvgIpc) is 2.65. The summed E-state index contributed by atoms with van der Waals surface area (Å²) in [4.78, 5) is 43.6. The summed E-state index contributed by atoms with van der Waals surface area (Å²) in [6.45, 7) is 0. The van der Waals surface area contributed by atoms with Crippen LogP contribution in [-0.4, -0.2) is 32.9 Å². The van der Waals surface area contributed by atoms with Crippen molar-refractivity contribution in [3.8, 4) is 0 Å². The first kappa shape index (κ1) is 24.2. The summed E-state index contributed by atoms with van der Waals surface area (Å²) in [5.74, 6) is -2.57. The van der Waals surface area contributed by atoms with Gasteiger partial charge in [-0.1, -0.05) is 24.3 Å². The van der Waals surface area contributed by atoms with Crippen LogP contribution in [0.5, 0.6) is 0 Å². The third-order valence-electron chi connectivity index (χ3n) is 3.82. The maximum absolute atomic E-state index is 12.1. The maximum atomic E-state index is 12.1. The van der Waals surface area contributed by atoms with E-state index in [0.717, 1.165) is 12.1 Å². The van der Waals surface area contributed by atoms with Crippen molar-refractivity contribution in [3.05, 3.63) is 79.9 Å². The molecule has 0 fully saturated rings. The number of nitrogens with zero attached hydrogens (tertiary/aromatic N) is 2. The summed E-state index contributed by atoms with van der Waals surface area (Å²) in [7, 11) is 0. The molecule has 2 rings (SSSR count). The number of nitrogens with one attached hydrogen (secondary N) is 1. The van der Waals surface area contributed by atoms with Crippen molar-refractivity contribution in [2.24, 2.45) is 0 Å². The number of benzene rings is 2. The Labute approximate surface area is 185 Å². The van der Waals surface area contributed by atoms with Crippen LogP contribution < -0.4 is 40.0 Å². The molecule has 29 heavy (non-hydrogen) atoms. The predicted molar refractivity (Wildman–Crippen MR) is 91.8 cm³/mol. The van der Waals surface area contributed by atoms with Gasteiger partial charge in [-0.25, -0.2) is 0 Å². The molecular formula is C17H14N3NaO8. The largest absolute Gasteiger partial charge is 1.00 e. The SMILES string of the molecule is O=C(Cc1ccc([N+](=O)[O-])cc1)NC(C(=O)[O-])C(O)c1cccc([N+](=O)[O-])c1.[Na+]. The fourth-order valence-electron chi connectivity index (χ4n) is 2.43. The number of carbonyl (C=O) groups is 2. The second kappa shape index (κ2) is 10.6. The van der Waals surface area contributed by atoms with Gasteiger partial charge in [0.15, 0.2) is 0 Å². The van der Waals surface area contributed by atoms with E-state index in [2.05, 4.69) is 5.32 Å². The van der Waals surface area contributed by atoms with Gasteiger partial charge in [0, 0.05) is 24.3 Å². The number of hydrogen-bond donors (Lipinski definition) is 2. The molecule has 0 aliphatic carbocycles. The van der Waals surface area contributed by atoms with E-state index in [1.54, 1.807) is 0 Å². The summed E-state index contributed by atoms with van der Waals surface area (Å²) in [6, 6.07) is 7.89. The second-order valence-corrected chi connectivity index (χ2v) is 5.76. The van der Waals surface area contributed by atoms with Crippen LogP contribution >= 0.6 is 0 Å². The number of nitro groups is 2. The molecule has 0 heterocycles. The molecule has 0 bridgehead atoms. The van der Waals surface area contributed by atoms with Crippen LogP contribution in [0.3, 0.4) is 0 Å². The topological polar surface area (TPSA) is 176 Å². The van der Waals surface area contributed by atoms with Gasteiger partial charge in [0.2, 0.25) is 5.91 Å². The monoisotopic (exact) mass is 411 g/mol. The number of aliphatic hydroxyl groups excluding tert-OH is 1. The molecule has 12 heteroatoms. The molecule has 0 radical (unpaired) electrons. The number of aliphatic hydroxyl groups is 1. The van der Waals surface area contributed by atoms with Crippen LogP contribution in [0, 0.1) is 20.2 Å². The molecule has 2 N–H and O–H groups in total. The number of non-ortho nitro benzene ring substituents is 2. The molecule has 11 nitrogen and oxygen atoms in total. The zero-order valence-corrected chi connectivity index (χ0v) is 17.2. The minimum absolute atomic E-state index is 0. The third-order valence-corrected chi connectivity index (χ3v) is 3.82. The minimum Gasteiger partial charge on any atom is -0.548 e. The van der Waals surface area contributed by atoms with Crippen molar-refractivity contribution >= 4 is 23.3 Å². The van der Waals surface area contributed by atoms with Crippen molar-refractivity contribution in [1.29, 1.82) is 0 Å². The quantitative estimate of drug-likeness (QED) is 0.263. The zero-order valence-electron chi connectivity index (χ0n) is 15.2. The summed E-state index contributed by atoms with van der Waals surface area (Å²) in [5, 5.41) is 45.1. The number of rotatable bonds is 8. The Hall–Kier alpha value is -2.86. The van der Waals surface area contributed by atoms with Crippen LogP contribution in [0.15, 0.2) is 48.5 Å². The molecule has 2 aromatic carbocycles. The van der Waals surface area contributed by atoms with E-state index >= 15 is 0 Å². The smallest absolute Gasteiger partial charge is 0.548 e. The van der Waals surface area contributed by atoms with Crippen molar-refractivity contribution in [2.75, 3.05) is 0 Å². The molecule has 0 saturated heterocycles. The zero-order chi connectivity index (χ0) is 20.8. The van der Waals surface area contributed by atoms with Gasteiger partial charge in [0.25, 0.3) is 11.4 Å². The third kappa shape index (κ3) is 6.61. The number of nitro benzene ring substituents is 2. The van der Waals surface area contributed by atoms with Crippen LogP contribution in [0.2, 0.25) is 0 Å². The van der Waals surface area contributed by atoms with Gasteiger partial charge in [0.05, 0.1) is 28.3 Å². The van der Waals surface area contributed by atoms with Gasteiger partial charge >= 0.3 is 29.6 Å². The Kier molecular flexibility index (Phi) is 8.85. The van der Waals surface area contributed by atoms with Gasteiger partial charge in [-0.05, 0) is 11.1 Å². The Morgan fingerprint density at radius 3 is 2.10 bits per heavy atom. The van der Waals surface area contributed by atoms with Gasteiger partial charge in [-0.3, -0.25) is 25.0 Å². The van der Waals surface area contributed by atoms with Gasteiger partial charge in [0.1, 0.15) is 6.10 Å². The van der Waals surface area contributed by atoms with E-state index in [4.69, 9.17) is 0 Å². The molecular weight excluding hydrogens is 397 g/mol. The predicted octanol–water partition coefficient (Wildman–Crippen LogP) is -2.98. The standard InChI is InChI=1S/C17H15N3O8.Na/c21-14(8-10-4-6-12(7-5-10)19(25)26)18-15(17(23)24)16(22)11-2-1-3-13(9-11)20(27)28;/h1-7,9,15-16,22H,8H2,(H,18,21)(H,23,24);/q;+1/p-1. The Balaban J connectivity index is 0.00000420. The Morgan fingerprint density at radius 2 is 1.59 bits per heavy atom. The summed E-state index contributed by atoms with van der Waals surface area (Å²) < 4.78 is 0. The van der Waals surface area contributed by atoms with Crippen molar-refractivity contribution in [2.45, 2.75) is 18.6 Å². The summed E-state index contributed by atoms with van der Waals surface area (Å²) >= 11 is 0. The first-order valence-electron chi connectivity index (χ1n) is 7.85. The number of hydrogen-bond acceptors (Lipinski definition) is 8. The first-order valence-corrected chi connectivity index (χ1v) is 7.85. The second-order valence-electron chi connectivity index (χ2n) is 5.76. The molecule has 0 saturated carbocycles. The van der Waals surface area contributed by atoms with Crippen molar-refractivity contribution in [1.82, 2.24) is 5.32 Å². The molecule has 2 aromatic rings. The summed E-state index contributed by atoms with van der Waals surface area (Å²) in [5.41, 5.74) is -0.229. The molecule has 0 spiro atoms. The molecule has 0 aliphatic rings. The Morgan fingerprint density at radius 1 is 1.00 bits per heavy atom. The molecule has 2 atom stereocenters. The molecule has 2 unspecified atom stereocenters. The molecule has 146 valence electrons. The number of amides is 1. The number of carboxylic acid groups (broad SMARTS) is 1. The van der Waals surface area contributed by atoms with Crippen molar-refractivity contribution < 1.29 is 59.2 Å². The fourth-order valence-corrected chi connectivity index (χ4v) is 2.43. The molecule has 0 aromatic heterocycles. The number of carboxylic acids is 1. The van der Waals surface area contributed by atoms with E-state index in [0.29, 0.717) is 5.56 Å². The van der Waals surface area contributed by atoms with Crippen LogP contribution in [-0.2, 0) is 16.0 Å². The molecule has 0 aliphatic heterocycles. The van der Waals surface area contributed by atoms with Crippen molar-refractivity contribution in [3.63, 3.8) is 0 Å². The summed E-state index contributed by atoms with van der Waals surface area (Å²) in [6.07, 6.45) is -2.09. The van der Waals surface area contributed by atoms with Gasteiger partial charge < -0.3 is 20.3 Å². The van der Waals surface area contributed by atoms with E-state index in [1.165, 1.54) is 36.4 Å². The van der Waals surface area contributed by atoms with E-state index < -0.39 is 33.9 Å². The van der Waals surface area contributed by atoms with E-state index in [1.807, 2.05) is 0 Å².